The zero-order valence-electron chi connectivity index (χ0n) is 11.3. The molecule has 20 heavy (non-hydrogen) atoms. The van der Waals surface area contributed by atoms with Gasteiger partial charge in [0.25, 0.3) is 0 Å². The van der Waals surface area contributed by atoms with Crippen molar-refractivity contribution in [2.24, 2.45) is 0 Å². The molecule has 0 saturated heterocycles. The van der Waals surface area contributed by atoms with Crippen LogP contribution in [0.15, 0.2) is 54.7 Å². The molecule has 0 fully saturated rings. The molecule has 0 radical (unpaired) electrons. The van der Waals surface area contributed by atoms with Gasteiger partial charge in [-0.3, -0.25) is 0 Å². The monoisotopic (exact) mass is 269 g/mol. The average molecular weight is 269 g/mol. The number of quaternary nitrogens is 1. The van der Waals surface area contributed by atoms with Crippen molar-refractivity contribution in [3.05, 3.63) is 71.7 Å². The number of benzene rings is 2. The molecule has 0 aliphatic heterocycles. The van der Waals surface area contributed by atoms with E-state index in [0.29, 0.717) is 0 Å². The lowest BCUT2D eigenvalue weighted by Gasteiger charge is -2.02. The minimum Gasteiger partial charge on any atom is -0.361 e. The van der Waals surface area contributed by atoms with Crippen LogP contribution in [0, 0.1) is 5.82 Å². The summed E-state index contributed by atoms with van der Waals surface area (Å²) in [4.78, 5) is 3.29. The molecule has 0 aliphatic rings. The van der Waals surface area contributed by atoms with Crippen LogP contribution in [-0.4, -0.2) is 11.5 Å². The summed E-state index contributed by atoms with van der Waals surface area (Å²) < 4.78 is 12.8. The van der Waals surface area contributed by atoms with E-state index in [1.165, 1.54) is 34.2 Å². The van der Waals surface area contributed by atoms with E-state index in [1.54, 1.807) is 0 Å². The smallest absolute Gasteiger partial charge is 0.123 e. The number of nitrogens with one attached hydrogen (secondary N) is 1. The van der Waals surface area contributed by atoms with E-state index in [1.807, 2.05) is 18.2 Å². The number of aromatic nitrogens is 1. The van der Waals surface area contributed by atoms with Crippen LogP contribution < -0.4 is 5.32 Å². The Bertz CT molecular complexity index is 686. The second-order valence-electron chi connectivity index (χ2n) is 5.02. The molecule has 3 heteroatoms. The molecule has 0 spiro atoms. The summed E-state index contributed by atoms with van der Waals surface area (Å²) in [6.45, 7) is 1.97. The third-order valence-electron chi connectivity index (χ3n) is 3.59. The normalized spacial score (nSPS) is 11.1. The van der Waals surface area contributed by atoms with Gasteiger partial charge in [-0.15, -0.1) is 0 Å². The molecule has 1 heterocycles. The maximum absolute atomic E-state index is 12.8. The minimum atomic E-state index is -0.170. The van der Waals surface area contributed by atoms with E-state index in [0.717, 1.165) is 19.5 Å². The predicted octanol–water partition coefficient (Wildman–Crippen LogP) is 2.61. The molecule has 3 rings (SSSR count). The SMILES string of the molecule is Fc1ccc(CC[NH2+]Cc2c[nH]c3ccccc23)cc1. The Morgan fingerprint density at radius 1 is 1.00 bits per heavy atom. The quantitative estimate of drug-likeness (QED) is 0.668. The highest BCUT2D eigenvalue weighted by atomic mass is 19.1. The lowest BCUT2D eigenvalue weighted by atomic mass is 10.1. The van der Waals surface area contributed by atoms with Crippen LogP contribution in [-0.2, 0) is 13.0 Å². The Labute approximate surface area is 117 Å². The second-order valence-corrected chi connectivity index (χ2v) is 5.02. The Hall–Kier alpha value is -2.13. The highest BCUT2D eigenvalue weighted by Gasteiger charge is 2.04. The fraction of sp³-hybridized carbons (Fsp3) is 0.176. The van der Waals surface area contributed by atoms with Crippen LogP contribution in [0.25, 0.3) is 10.9 Å². The predicted molar refractivity (Wildman–Crippen MR) is 78.9 cm³/mol. The summed E-state index contributed by atoms with van der Waals surface area (Å²) in [7, 11) is 0. The first-order chi connectivity index (χ1) is 9.83. The molecule has 0 saturated carbocycles. The average Bonchev–Trinajstić information content (AvgIpc) is 2.89. The van der Waals surface area contributed by atoms with Crippen LogP contribution in [0.1, 0.15) is 11.1 Å². The highest BCUT2D eigenvalue weighted by molar-refractivity contribution is 5.82. The van der Waals surface area contributed by atoms with E-state index in [-0.39, 0.29) is 5.82 Å². The van der Waals surface area contributed by atoms with Gasteiger partial charge < -0.3 is 10.3 Å². The number of H-pyrrole nitrogens is 1. The summed E-state index contributed by atoms with van der Waals surface area (Å²) in [5, 5.41) is 3.59. The van der Waals surface area contributed by atoms with Crippen molar-refractivity contribution in [3.63, 3.8) is 0 Å². The van der Waals surface area contributed by atoms with Crippen molar-refractivity contribution in [3.8, 4) is 0 Å². The summed E-state index contributed by atoms with van der Waals surface area (Å²) >= 11 is 0. The minimum absolute atomic E-state index is 0.170. The molecule has 0 unspecified atom stereocenters. The molecule has 0 bridgehead atoms. The van der Waals surface area contributed by atoms with Crippen LogP contribution in [0.5, 0.6) is 0 Å². The van der Waals surface area contributed by atoms with Crippen molar-refractivity contribution in [1.82, 2.24) is 4.98 Å². The molecule has 2 aromatic carbocycles. The first kappa shape index (κ1) is 12.9. The number of para-hydroxylation sites is 1. The third-order valence-corrected chi connectivity index (χ3v) is 3.59. The van der Waals surface area contributed by atoms with Crippen LogP contribution in [0.4, 0.5) is 4.39 Å². The van der Waals surface area contributed by atoms with E-state index >= 15 is 0 Å². The molecule has 0 atom stereocenters. The Balaban J connectivity index is 1.54. The summed E-state index contributed by atoms with van der Waals surface area (Å²) in [5.74, 6) is -0.170. The molecular weight excluding hydrogens is 251 g/mol. The van der Waals surface area contributed by atoms with Gasteiger partial charge in [0, 0.05) is 29.1 Å². The van der Waals surface area contributed by atoms with Crippen molar-refractivity contribution < 1.29 is 9.71 Å². The number of rotatable bonds is 5. The van der Waals surface area contributed by atoms with E-state index in [9.17, 15) is 4.39 Å². The van der Waals surface area contributed by atoms with Crippen molar-refractivity contribution in [2.75, 3.05) is 6.54 Å². The number of nitrogens with two attached hydrogens (primary N) is 1. The Kier molecular flexibility index (Phi) is 3.79. The first-order valence-corrected chi connectivity index (χ1v) is 6.94. The van der Waals surface area contributed by atoms with Gasteiger partial charge in [0.2, 0.25) is 0 Å². The Morgan fingerprint density at radius 3 is 2.65 bits per heavy atom. The molecule has 0 amide bonds. The zero-order valence-corrected chi connectivity index (χ0v) is 11.3. The van der Waals surface area contributed by atoms with E-state index in [4.69, 9.17) is 0 Å². The van der Waals surface area contributed by atoms with Gasteiger partial charge in [-0.2, -0.15) is 0 Å². The third kappa shape index (κ3) is 2.89. The van der Waals surface area contributed by atoms with Gasteiger partial charge >= 0.3 is 0 Å². The number of hydrogen-bond donors (Lipinski definition) is 2. The topological polar surface area (TPSA) is 32.4 Å². The molecule has 1 aromatic heterocycles. The van der Waals surface area contributed by atoms with Gasteiger partial charge in [0.05, 0.1) is 6.54 Å². The van der Waals surface area contributed by atoms with E-state index in [2.05, 4.69) is 34.7 Å². The van der Waals surface area contributed by atoms with Crippen LogP contribution in [0.3, 0.4) is 0 Å². The maximum Gasteiger partial charge on any atom is 0.123 e. The number of aromatic amines is 1. The molecule has 3 N–H and O–H groups in total. The highest BCUT2D eigenvalue weighted by Crippen LogP contribution is 2.16. The largest absolute Gasteiger partial charge is 0.361 e. The van der Waals surface area contributed by atoms with Crippen LogP contribution in [0.2, 0.25) is 0 Å². The van der Waals surface area contributed by atoms with Crippen molar-refractivity contribution in [1.29, 1.82) is 0 Å². The Morgan fingerprint density at radius 2 is 1.80 bits per heavy atom. The van der Waals surface area contributed by atoms with Crippen molar-refractivity contribution in [2.45, 2.75) is 13.0 Å². The lowest BCUT2D eigenvalue weighted by Crippen LogP contribution is -2.83. The van der Waals surface area contributed by atoms with Gasteiger partial charge in [0.15, 0.2) is 0 Å². The zero-order chi connectivity index (χ0) is 13.8. The first-order valence-electron chi connectivity index (χ1n) is 6.94. The molecule has 102 valence electrons. The van der Waals surface area contributed by atoms with Crippen molar-refractivity contribution >= 4 is 10.9 Å². The number of hydrogen-bond acceptors (Lipinski definition) is 0. The van der Waals surface area contributed by atoms with E-state index < -0.39 is 0 Å². The summed E-state index contributed by atoms with van der Waals surface area (Å²) in [6, 6.07) is 15.1. The number of halogens is 1. The molecule has 0 aliphatic carbocycles. The van der Waals surface area contributed by atoms with Gasteiger partial charge in [-0.05, 0) is 23.8 Å². The second kappa shape index (κ2) is 5.88. The molecule has 2 nitrogen and oxygen atoms in total. The lowest BCUT2D eigenvalue weighted by molar-refractivity contribution is -0.669. The summed E-state index contributed by atoms with van der Waals surface area (Å²) in [6.07, 6.45) is 3.04. The standard InChI is InChI=1S/C17H17FN2/c18-15-7-5-13(6-8-15)9-10-19-11-14-12-20-17-4-2-1-3-16(14)17/h1-8,12,19-20H,9-11H2/p+1. The van der Waals surface area contributed by atoms with Gasteiger partial charge in [0.1, 0.15) is 12.4 Å². The van der Waals surface area contributed by atoms with Gasteiger partial charge in [-0.1, -0.05) is 30.3 Å². The fourth-order valence-corrected chi connectivity index (χ4v) is 2.48. The van der Waals surface area contributed by atoms with Gasteiger partial charge in [-0.25, -0.2) is 4.39 Å². The molecular formula is C17H18FN2+. The maximum atomic E-state index is 12.8. The molecule has 3 aromatic rings. The van der Waals surface area contributed by atoms with Crippen LogP contribution >= 0.6 is 0 Å². The summed E-state index contributed by atoms with van der Waals surface area (Å²) in [5.41, 5.74) is 3.70. The number of fused-ring (bicyclic) bond motifs is 1. The fourth-order valence-electron chi connectivity index (χ4n) is 2.48.